The van der Waals surface area contributed by atoms with Crippen LogP contribution in [0.5, 0.6) is 0 Å². The van der Waals surface area contributed by atoms with Gasteiger partial charge in [-0.15, -0.1) is 0 Å². The summed E-state index contributed by atoms with van der Waals surface area (Å²) in [5.74, 6) is -18.4. The molecule has 18 heteroatoms. The second kappa shape index (κ2) is 9.55. The van der Waals surface area contributed by atoms with E-state index in [4.69, 9.17) is 0 Å². The molecular weight excluding hydrogens is 558 g/mol. The van der Waals surface area contributed by atoms with E-state index in [0.717, 1.165) is 6.92 Å². The molecule has 1 fully saturated rings. The maximum atomic E-state index is 14.6. The first kappa shape index (κ1) is 33.4. The first-order valence-electron chi connectivity index (χ1n) is 10.3. The summed E-state index contributed by atoms with van der Waals surface area (Å²) in [6, 6.07) is 0. The van der Waals surface area contributed by atoms with E-state index in [0.29, 0.717) is 0 Å². The molecule has 1 aliphatic rings. The van der Waals surface area contributed by atoms with Crippen LogP contribution in [0.2, 0.25) is 0 Å². The Kier molecular flexibility index (Phi) is 8.63. The smallest absolute Gasteiger partial charge is 0.426 e. The van der Waals surface area contributed by atoms with Crippen LogP contribution in [-0.2, 0) is 9.53 Å². The molecule has 0 aromatic heterocycles. The Morgan fingerprint density at radius 1 is 0.865 bits per heavy atom. The molecule has 4 nitrogen and oxygen atoms in total. The zero-order valence-corrected chi connectivity index (χ0v) is 19.1. The van der Waals surface area contributed by atoms with Gasteiger partial charge in [-0.25, -0.2) is 22.0 Å². The van der Waals surface area contributed by atoms with Gasteiger partial charge in [-0.3, -0.25) is 4.79 Å². The molecule has 5 atom stereocenters. The molecule has 220 valence electrons. The minimum Gasteiger partial charge on any atom is -0.462 e. The van der Waals surface area contributed by atoms with Crippen molar-refractivity contribution in [2.45, 2.75) is 99.8 Å². The van der Waals surface area contributed by atoms with Crippen LogP contribution < -0.4 is 0 Å². The van der Waals surface area contributed by atoms with Crippen LogP contribution in [0.1, 0.15) is 46.5 Å². The fraction of sp³-hybridized carbons (Fsp3) is 0.947. The average molecular weight is 580 g/mol. The third-order valence-electron chi connectivity index (χ3n) is 6.48. The predicted molar refractivity (Wildman–Crippen MR) is 94.1 cm³/mol. The summed E-state index contributed by atoms with van der Waals surface area (Å²) in [5, 5.41) is 18.8. The number of carbonyl (C=O) groups is 1. The van der Waals surface area contributed by atoms with Gasteiger partial charge in [0.15, 0.2) is 5.60 Å². The molecule has 0 saturated heterocycles. The summed E-state index contributed by atoms with van der Waals surface area (Å²) in [6.07, 6.45) is -30.2. The van der Waals surface area contributed by atoms with Gasteiger partial charge < -0.3 is 14.9 Å². The summed E-state index contributed by atoms with van der Waals surface area (Å²) in [7, 11) is 0. The van der Waals surface area contributed by atoms with Gasteiger partial charge in [0.1, 0.15) is 12.0 Å². The molecule has 1 aliphatic carbocycles. The summed E-state index contributed by atoms with van der Waals surface area (Å²) >= 11 is 0. The van der Waals surface area contributed by atoms with Crippen molar-refractivity contribution in [1.82, 2.24) is 0 Å². The summed E-state index contributed by atoms with van der Waals surface area (Å²) in [5.41, 5.74) is -14.9. The third-order valence-corrected chi connectivity index (χ3v) is 6.48. The Balaban J connectivity index is 3.55. The number of aliphatic hydroxyl groups is 2. The van der Waals surface area contributed by atoms with Gasteiger partial charge in [0, 0.05) is 18.8 Å². The number of carbonyl (C=O) groups excluding carboxylic acids is 1. The largest absolute Gasteiger partial charge is 0.462 e. The molecule has 0 aliphatic heterocycles. The Morgan fingerprint density at radius 3 is 1.65 bits per heavy atom. The Bertz CT molecular complexity index is 814. The van der Waals surface area contributed by atoms with Crippen molar-refractivity contribution < 1.29 is 81.2 Å². The molecule has 0 radical (unpaired) electrons. The quantitative estimate of drug-likeness (QED) is 0.291. The predicted octanol–water partition coefficient (Wildman–Crippen LogP) is 5.89. The van der Waals surface area contributed by atoms with E-state index in [-0.39, 0.29) is 13.8 Å². The first-order valence-corrected chi connectivity index (χ1v) is 10.3. The molecule has 0 spiro atoms. The van der Waals surface area contributed by atoms with Gasteiger partial charge in [0.2, 0.25) is 5.67 Å². The summed E-state index contributed by atoms with van der Waals surface area (Å²) in [6.45, 7) is 0.472. The molecule has 0 bridgehead atoms. The zero-order chi connectivity index (χ0) is 29.8. The lowest BCUT2D eigenvalue weighted by molar-refractivity contribution is -0.375. The second-order valence-electron chi connectivity index (χ2n) is 9.24. The molecule has 2 N–H and O–H groups in total. The normalized spacial score (nSPS) is 29.4. The van der Waals surface area contributed by atoms with E-state index >= 15 is 0 Å². The lowest BCUT2D eigenvalue weighted by atomic mass is 9.67. The van der Waals surface area contributed by atoms with E-state index in [2.05, 4.69) is 4.74 Å². The lowest BCUT2D eigenvalue weighted by Gasteiger charge is -2.48. The zero-order valence-electron chi connectivity index (χ0n) is 19.1. The molecule has 0 heterocycles. The molecule has 0 aromatic rings. The highest BCUT2D eigenvalue weighted by Crippen LogP contribution is 2.58. The topological polar surface area (TPSA) is 66.8 Å². The fourth-order valence-corrected chi connectivity index (χ4v) is 3.86. The maximum absolute atomic E-state index is 14.6. The highest BCUT2D eigenvalue weighted by atomic mass is 19.4. The standard InChI is InChI=1S/C19H22F14O4/c1-4-8-5-10(16(23,24)13(3,20)15(8,21)22)11(34)37-9(6-12(2,35)17(25,26)27)7-14(36,18(28,29)30)19(31,32)33/h8-10,35-36H,4-7H2,1-3H3. The average Bonchev–Trinajstić information content (AvgIpc) is 2.63. The van der Waals surface area contributed by atoms with Crippen LogP contribution in [0.15, 0.2) is 0 Å². The van der Waals surface area contributed by atoms with Crippen molar-refractivity contribution in [2.24, 2.45) is 11.8 Å². The Labute approximate surface area is 199 Å². The Hall–Kier alpha value is -1.59. The number of alkyl halides is 14. The highest BCUT2D eigenvalue weighted by molar-refractivity contribution is 5.74. The van der Waals surface area contributed by atoms with Crippen LogP contribution in [-0.4, -0.2) is 69.5 Å². The molecule has 0 aromatic carbocycles. The number of halogens is 14. The van der Waals surface area contributed by atoms with Gasteiger partial charge >= 0.3 is 24.5 Å². The van der Waals surface area contributed by atoms with Gasteiger partial charge in [0.25, 0.3) is 17.4 Å². The van der Waals surface area contributed by atoms with Crippen molar-refractivity contribution in [3.05, 3.63) is 0 Å². The van der Waals surface area contributed by atoms with E-state index < -0.39 is 96.8 Å². The SMILES string of the molecule is CCC1CC(C(=O)OC(CC(C)(O)C(F)(F)F)CC(O)(C(F)(F)F)C(F)(F)F)C(F)(F)C(C)(F)C1(F)F. The number of rotatable bonds is 7. The number of hydrogen-bond donors (Lipinski definition) is 2. The minimum atomic E-state index is -6.67. The highest BCUT2D eigenvalue weighted by Gasteiger charge is 2.77. The monoisotopic (exact) mass is 580 g/mol. The third kappa shape index (κ3) is 5.73. The van der Waals surface area contributed by atoms with E-state index in [1.54, 1.807) is 0 Å². The van der Waals surface area contributed by atoms with Gasteiger partial charge in [-0.05, 0) is 26.7 Å². The lowest BCUT2D eigenvalue weighted by Crippen LogP contribution is -2.67. The molecule has 5 unspecified atom stereocenters. The van der Waals surface area contributed by atoms with Gasteiger partial charge in [0.05, 0.1) is 0 Å². The van der Waals surface area contributed by atoms with Crippen molar-refractivity contribution in [3.63, 3.8) is 0 Å². The molecule has 1 saturated carbocycles. The first-order chi connectivity index (χ1) is 16.0. The van der Waals surface area contributed by atoms with Crippen molar-refractivity contribution >= 4 is 5.97 Å². The van der Waals surface area contributed by atoms with E-state index in [1.807, 2.05) is 0 Å². The van der Waals surface area contributed by atoms with Crippen molar-refractivity contribution in [3.8, 4) is 0 Å². The fourth-order valence-electron chi connectivity index (χ4n) is 3.86. The molecule has 0 amide bonds. The van der Waals surface area contributed by atoms with Gasteiger partial charge in [-0.2, -0.15) is 39.5 Å². The van der Waals surface area contributed by atoms with Crippen molar-refractivity contribution in [1.29, 1.82) is 0 Å². The van der Waals surface area contributed by atoms with Crippen LogP contribution >= 0.6 is 0 Å². The van der Waals surface area contributed by atoms with Crippen LogP contribution in [0, 0.1) is 11.8 Å². The van der Waals surface area contributed by atoms with Crippen LogP contribution in [0.4, 0.5) is 61.5 Å². The van der Waals surface area contributed by atoms with Crippen LogP contribution in [0.3, 0.4) is 0 Å². The summed E-state index contributed by atoms with van der Waals surface area (Å²) < 4.78 is 194. The van der Waals surface area contributed by atoms with Gasteiger partial charge in [-0.1, -0.05) is 6.92 Å². The second-order valence-corrected chi connectivity index (χ2v) is 9.24. The maximum Gasteiger partial charge on any atom is 0.426 e. The number of esters is 1. The molecular formula is C19H22F14O4. The number of hydrogen-bond acceptors (Lipinski definition) is 4. The van der Waals surface area contributed by atoms with Crippen LogP contribution in [0.25, 0.3) is 0 Å². The molecule has 37 heavy (non-hydrogen) atoms. The number of ether oxygens (including phenoxy) is 1. The van der Waals surface area contributed by atoms with Crippen molar-refractivity contribution in [2.75, 3.05) is 0 Å². The van der Waals surface area contributed by atoms with E-state index in [1.165, 1.54) is 0 Å². The van der Waals surface area contributed by atoms with E-state index in [9.17, 15) is 76.5 Å². The Morgan fingerprint density at radius 2 is 1.30 bits per heavy atom. The summed E-state index contributed by atoms with van der Waals surface area (Å²) in [4.78, 5) is 12.4. The minimum absolute atomic E-state index is 0.171. The molecule has 1 rings (SSSR count).